The summed E-state index contributed by atoms with van der Waals surface area (Å²) >= 11 is 5.93. The minimum Gasteiger partial charge on any atom is -0.387 e. The molecule has 2 N–H and O–H groups in total. The van der Waals surface area contributed by atoms with E-state index in [1.807, 2.05) is 13.2 Å². The van der Waals surface area contributed by atoms with Crippen LogP contribution in [0.15, 0.2) is 30.6 Å². The van der Waals surface area contributed by atoms with Crippen molar-refractivity contribution in [1.82, 2.24) is 15.1 Å². The van der Waals surface area contributed by atoms with Crippen LogP contribution in [0.3, 0.4) is 0 Å². The standard InChI is InChI=1S/C14H17ClN4O/c1-16-13-4-3-11(15)7-12(13)14(20)17-6-5-10-8-18-19(2)9-10/h3-4,7-9,16H,5-6H2,1-2H3,(H,17,20). The summed E-state index contributed by atoms with van der Waals surface area (Å²) in [6, 6.07) is 5.20. The Kier molecular flexibility index (Phi) is 4.63. The van der Waals surface area contributed by atoms with Crippen LogP contribution < -0.4 is 10.6 Å². The molecule has 1 aromatic heterocycles. The van der Waals surface area contributed by atoms with Gasteiger partial charge >= 0.3 is 0 Å². The summed E-state index contributed by atoms with van der Waals surface area (Å²) in [5.74, 6) is -0.138. The lowest BCUT2D eigenvalue weighted by Crippen LogP contribution is -2.26. The molecule has 0 aliphatic carbocycles. The Hall–Kier alpha value is -2.01. The molecule has 0 radical (unpaired) electrons. The van der Waals surface area contributed by atoms with Crippen LogP contribution in [-0.2, 0) is 13.5 Å². The molecule has 106 valence electrons. The second-order valence-electron chi connectivity index (χ2n) is 4.47. The van der Waals surface area contributed by atoms with Crippen molar-refractivity contribution in [2.75, 3.05) is 18.9 Å². The highest BCUT2D eigenvalue weighted by atomic mass is 35.5. The van der Waals surface area contributed by atoms with E-state index in [4.69, 9.17) is 11.6 Å². The van der Waals surface area contributed by atoms with Crippen LogP contribution in [-0.4, -0.2) is 29.3 Å². The molecule has 0 unspecified atom stereocenters. The van der Waals surface area contributed by atoms with Gasteiger partial charge in [0.15, 0.2) is 0 Å². The first-order chi connectivity index (χ1) is 9.60. The summed E-state index contributed by atoms with van der Waals surface area (Å²) in [4.78, 5) is 12.1. The Morgan fingerprint density at radius 1 is 1.45 bits per heavy atom. The Labute approximate surface area is 122 Å². The van der Waals surface area contributed by atoms with Gasteiger partial charge in [0, 0.05) is 37.5 Å². The number of benzene rings is 1. The summed E-state index contributed by atoms with van der Waals surface area (Å²) in [5.41, 5.74) is 2.40. The molecule has 2 rings (SSSR count). The maximum absolute atomic E-state index is 12.1. The summed E-state index contributed by atoms with van der Waals surface area (Å²) in [6.45, 7) is 0.556. The molecule has 0 atom stereocenters. The number of anilines is 1. The van der Waals surface area contributed by atoms with Crippen molar-refractivity contribution in [3.63, 3.8) is 0 Å². The van der Waals surface area contributed by atoms with Crippen molar-refractivity contribution < 1.29 is 4.79 Å². The Morgan fingerprint density at radius 2 is 2.25 bits per heavy atom. The van der Waals surface area contributed by atoms with Gasteiger partial charge in [-0.2, -0.15) is 5.10 Å². The lowest BCUT2D eigenvalue weighted by Gasteiger charge is -2.10. The summed E-state index contributed by atoms with van der Waals surface area (Å²) < 4.78 is 1.74. The van der Waals surface area contributed by atoms with Crippen LogP contribution in [0.2, 0.25) is 5.02 Å². The molecule has 1 heterocycles. The topological polar surface area (TPSA) is 59.0 Å². The van der Waals surface area contributed by atoms with E-state index in [0.717, 1.165) is 17.7 Å². The van der Waals surface area contributed by atoms with Gasteiger partial charge in [-0.25, -0.2) is 0 Å². The zero-order chi connectivity index (χ0) is 14.5. The molecular formula is C14H17ClN4O. The number of aryl methyl sites for hydroxylation is 1. The average molecular weight is 293 g/mol. The molecule has 0 spiro atoms. The summed E-state index contributed by atoms with van der Waals surface area (Å²) in [7, 11) is 3.64. The number of hydrogen-bond acceptors (Lipinski definition) is 3. The van der Waals surface area contributed by atoms with Crippen LogP contribution in [0.5, 0.6) is 0 Å². The molecule has 1 amide bonds. The second kappa shape index (κ2) is 6.43. The van der Waals surface area contributed by atoms with E-state index >= 15 is 0 Å². The summed E-state index contributed by atoms with van der Waals surface area (Å²) in [5, 5.41) is 10.5. The fraction of sp³-hybridized carbons (Fsp3) is 0.286. The highest BCUT2D eigenvalue weighted by Gasteiger charge is 2.11. The van der Waals surface area contributed by atoms with Crippen LogP contribution in [0.25, 0.3) is 0 Å². The van der Waals surface area contributed by atoms with Crippen molar-refractivity contribution in [2.24, 2.45) is 7.05 Å². The molecule has 2 aromatic rings. The van der Waals surface area contributed by atoms with Crippen LogP contribution in [0.1, 0.15) is 15.9 Å². The first-order valence-corrected chi connectivity index (χ1v) is 6.71. The molecule has 0 aliphatic rings. The number of carbonyl (C=O) groups is 1. The summed E-state index contributed by atoms with van der Waals surface area (Å²) in [6.07, 6.45) is 4.48. The maximum Gasteiger partial charge on any atom is 0.253 e. The number of carbonyl (C=O) groups excluding carboxylic acids is 1. The minimum absolute atomic E-state index is 0.138. The van der Waals surface area contributed by atoms with Gasteiger partial charge in [0.2, 0.25) is 0 Å². The van der Waals surface area contributed by atoms with Crippen LogP contribution in [0.4, 0.5) is 5.69 Å². The quantitative estimate of drug-likeness (QED) is 0.887. The number of halogens is 1. The van der Waals surface area contributed by atoms with Gasteiger partial charge in [0.25, 0.3) is 5.91 Å². The average Bonchev–Trinajstić information content (AvgIpc) is 2.84. The third-order valence-electron chi connectivity index (χ3n) is 2.95. The lowest BCUT2D eigenvalue weighted by molar-refractivity contribution is 0.0955. The van der Waals surface area contributed by atoms with E-state index in [-0.39, 0.29) is 5.91 Å². The molecule has 0 bridgehead atoms. The molecule has 0 aliphatic heterocycles. The number of aromatic nitrogens is 2. The molecular weight excluding hydrogens is 276 g/mol. The van der Waals surface area contributed by atoms with Gasteiger partial charge in [0.1, 0.15) is 0 Å². The predicted octanol–water partition coefficient (Wildman–Crippen LogP) is 2.09. The Balaban J connectivity index is 1.96. The van der Waals surface area contributed by atoms with Crippen LogP contribution >= 0.6 is 11.6 Å². The van der Waals surface area contributed by atoms with Crippen molar-refractivity contribution >= 4 is 23.2 Å². The number of nitrogens with zero attached hydrogens (tertiary/aromatic N) is 2. The van der Waals surface area contributed by atoms with E-state index < -0.39 is 0 Å². The predicted molar refractivity (Wildman–Crippen MR) is 80.2 cm³/mol. The normalized spacial score (nSPS) is 10.3. The number of amides is 1. The molecule has 5 nitrogen and oxygen atoms in total. The zero-order valence-electron chi connectivity index (χ0n) is 11.5. The van der Waals surface area contributed by atoms with Gasteiger partial charge in [-0.3, -0.25) is 9.48 Å². The Bertz CT molecular complexity index is 609. The van der Waals surface area contributed by atoms with Crippen LogP contribution in [0, 0.1) is 0 Å². The zero-order valence-corrected chi connectivity index (χ0v) is 12.2. The smallest absolute Gasteiger partial charge is 0.253 e. The van der Waals surface area contributed by atoms with E-state index in [2.05, 4.69) is 15.7 Å². The van der Waals surface area contributed by atoms with E-state index in [1.165, 1.54) is 0 Å². The number of rotatable bonds is 5. The molecule has 0 saturated heterocycles. The molecule has 0 fully saturated rings. The monoisotopic (exact) mass is 292 g/mol. The first kappa shape index (κ1) is 14.4. The van der Waals surface area contributed by atoms with Gasteiger partial charge in [-0.1, -0.05) is 11.6 Å². The van der Waals surface area contributed by atoms with E-state index in [1.54, 1.807) is 36.1 Å². The van der Waals surface area contributed by atoms with E-state index in [0.29, 0.717) is 17.1 Å². The maximum atomic E-state index is 12.1. The SMILES string of the molecule is CNc1ccc(Cl)cc1C(=O)NCCc1cnn(C)c1. The highest BCUT2D eigenvalue weighted by Crippen LogP contribution is 2.20. The second-order valence-corrected chi connectivity index (χ2v) is 4.90. The lowest BCUT2D eigenvalue weighted by atomic mass is 10.1. The third kappa shape index (κ3) is 3.51. The minimum atomic E-state index is -0.138. The van der Waals surface area contributed by atoms with E-state index in [9.17, 15) is 4.79 Å². The van der Waals surface area contributed by atoms with Crippen molar-refractivity contribution in [2.45, 2.75) is 6.42 Å². The largest absolute Gasteiger partial charge is 0.387 e. The Morgan fingerprint density at radius 3 is 2.90 bits per heavy atom. The fourth-order valence-corrected chi connectivity index (χ4v) is 2.11. The number of hydrogen-bond donors (Lipinski definition) is 2. The highest BCUT2D eigenvalue weighted by molar-refractivity contribution is 6.31. The van der Waals surface area contributed by atoms with Gasteiger partial charge in [-0.05, 0) is 30.2 Å². The molecule has 6 heteroatoms. The first-order valence-electron chi connectivity index (χ1n) is 6.33. The van der Waals surface area contributed by atoms with Crippen molar-refractivity contribution in [3.8, 4) is 0 Å². The van der Waals surface area contributed by atoms with Gasteiger partial charge in [0.05, 0.1) is 11.8 Å². The fourth-order valence-electron chi connectivity index (χ4n) is 1.94. The van der Waals surface area contributed by atoms with Gasteiger partial charge in [-0.15, -0.1) is 0 Å². The van der Waals surface area contributed by atoms with Crippen molar-refractivity contribution in [3.05, 3.63) is 46.7 Å². The molecule has 0 saturated carbocycles. The van der Waals surface area contributed by atoms with Gasteiger partial charge < -0.3 is 10.6 Å². The van der Waals surface area contributed by atoms with Crippen molar-refractivity contribution in [1.29, 1.82) is 0 Å². The number of nitrogens with one attached hydrogen (secondary N) is 2. The molecule has 20 heavy (non-hydrogen) atoms. The molecule has 1 aromatic carbocycles. The third-order valence-corrected chi connectivity index (χ3v) is 3.19.